The van der Waals surface area contributed by atoms with E-state index in [0.717, 1.165) is 12.1 Å². The molecule has 4 heteroatoms. The van der Waals surface area contributed by atoms with E-state index in [4.69, 9.17) is 5.73 Å². The second-order valence-corrected chi connectivity index (χ2v) is 4.06. The molecule has 1 atom stereocenters. The molecule has 2 rings (SSSR count). The Bertz CT molecular complexity index is 545. The molecule has 0 aliphatic heterocycles. The van der Waals surface area contributed by atoms with Crippen LogP contribution in [-0.4, -0.2) is 11.7 Å². The van der Waals surface area contributed by atoms with Gasteiger partial charge in [0.1, 0.15) is 5.60 Å². The van der Waals surface area contributed by atoms with Crippen molar-refractivity contribution in [1.29, 1.82) is 0 Å². The molecule has 94 valence electrons. The highest BCUT2D eigenvalue weighted by molar-refractivity contribution is 5.36. The van der Waals surface area contributed by atoms with Gasteiger partial charge in [0.05, 0.1) is 0 Å². The van der Waals surface area contributed by atoms with Crippen LogP contribution in [0.2, 0.25) is 0 Å². The van der Waals surface area contributed by atoms with Crippen molar-refractivity contribution >= 4 is 0 Å². The van der Waals surface area contributed by atoms with Gasteiger partial charge in [-0.25, -0.2) is 8.78 Å². The Morgan fingerprint density at radius 1 is 0.944 bits per heavy atom. The smallest absolute Gasteiger partial charge is 0.159 e. The maximum Gasteiger partial charge on any atom is 0.159 e. The van der Waals surface area contributed by atoms with Gasteiger partial charge in [-0.15, -0.1) is 0 Å². The Hall–Kier alpha value is -1.78. The minimum Gasteiger partial charge on any atom is -0.379 e. The van der Waals surface area contributed by atoms with E-state index in [1.54, 1.807) is 30.3 Å². The Balaban J connectivity index is 2.53. The van der Waals surface area contributed by atoms with Gasteiger partial charge >= 0.3 is 0 Å². The molecule has 0 aromatic heterocycles. The van der Waals surface area contributed by atoms with Gasteiger partial charge in [-0.2, -0.15) is 0 Å². The fourth-order valence-corrected chi connectivity index (χ4v) is 1.87. The number of nitrogens with two attached hydrogens (primary N) is 1. The zero-order chi connectivity index (χ0) is 13.2. The number of hydrogen-bond acceptors (Lipinski definition) is 2. The molecule has 2 nitrogen and oxygen atoms in total. The van der Waals surface area contributed by atoms with Crippen LogP contribution in [0.4, 0.5) is 8.78 Å². The first-order valence-electron chi connectivity index (χ1n) is 5.51. The Kier molecular flexibility index (Phi) is 3.41. The molecular formula is C14H13F2NO. The first kappa shape index (κ1) is 12.7. The van der Waals surface area contributed by atoms with Crippen LogP contribution in [0.15, 0.2) is 48.5 Å². The second kappa shape index (κ2) is 4.84. The van der Waals surface area contributed by atoms with Crippen LogP contribution < -0.4 is 5.73 Å². The summed E-state index contributed by atoms with van der Waals surface area (Å²) in [6, 6.07) is 11.9. The fraction of sp³-hybridized carbons (Fsp3) is 0.143. The largest absolute Gasteiger partial charge is 0.379 e. The van der Waals surface area contributed by atoms with E-state index in [1.165, 1.54) is 6.07 Å². The Labute approximate surface area is 104 Å². The van der Waals surface area contributed by atoms with Crippen molar-refractivity contribution in [2.24, 2.45) is 5.73 Å². The molecule has 0 heterocycles. The van der Waals surface area contributed by atoms with Crippen LogP contribution in [-0.2, 0) is 5.60 Å². The van der Waals surface area contributed by atoms with Crippen LogP contribution in [0.3, 0.4) is 0 Å². The predicted octanol–water partition coefficient (Wildman–Crippen LogP) is 2.16. The lowest BCUT2D eigenvalue weighted by atomic mass is 9.86. The van der Waals surface area contributed by atoms with Crippen LogP contribution in [0, 0.1) is 11.6 Å². The zero-order valence-corrected chi connectivity index (χ0v) is 9.61. The Morgan fingerprint density at radius 3 is 2.17 bits per heavy atom. The van der Waals surface area contributed by atoms with Crippen molar-refractivity contribution in [2.75, 3.05) is 6.54 Å². The maximum absolute atomic E-state index is 13.2. The number of halogens is 2. The average Bonchev–Trinajstić information content (AvgIpc) is 2.42. The summed E-state index contributed by atoms with van der Waals surface area (Å²) in [6.45, 7) is -0.123. The first-order chi connectivity index (χ1) is 8.58. The van der Waals surface area contributed by atoms with Crippen molar-refractivity contribution in [3.05, 3.63) is 71.3 Å². The van der Waals surface area contributed by atoms with Crippen molar-refractivity contribution in [3.8, 4) is 0 Å². The number of rotatable bonds is 3. The van der Waals surface area contributed by atoms with Gasteiger partial charge in [0, 0.05) is 6.54 Å². The van der Waals surface area contributed by atoms with Crippen molar-refractivity contribution in [1.82, 2.24) is 0 Å². The minimum atomic E-state index is -1.52. The molecule has 18 heavy (non-hydrogen) atoms. The summed E-state index contributed by atoms with van der Waals surface area (Å²) in [4.78, 5) is 0. The van der Waals surface area contributed by atoms with Crippen LogP contribution in [0.1, 0.15) is 11.1 Å². The van der Waals surface area contributed by atoms with E-state index in [0.29, 0.717) is 5.56 Å². The quantitative estimate of drug-likeness (QED) is 0.875. The standard InChI is InChI=1S/C14H13F2NO/c15-12-7-6-11(8-13(12)16)14(18,9-17)10-4-2-1-3-5-10/h1-8,18H,9,17H2. The molecule has 1 unspecified atom stereocenters. The monoisotopic (exact) mass is 249 g/mol. The summed E-state index contributed by atoms with van der Waals surface area (Å²) in [6.07, 6.45) is 0. The van der Waals surface area contributed by atoms with E-state index >= 15 is 0 Å². The summed E-state index contributed by atoms with van der Waals surface area (Å²) in [5, 5.41) is 10.6. The SMILES string of the molecule is NCC(O)(c1ccccc1)c1ccc(F)c(F)c1. The highest BCUT2D eigenvalue weighted by Crippen LogP contribution is 2.29. The predicted molar refractivity (Wildman–Crippen MR) is 64.9 cm³/mol. The highest BCUT2D eigenvalue weighted by atomic mass is 19.2. The summed E-state index contributed by atoms with van der Waals surface area (Å²) in [5.74, 6) is -1.96. The van der Waals surface area contributed by atoms with Crippen molar-refractivity contribution < 1.29 is 13.9 Å². The topological polar surface area (TPSA) is 46.2 Å². The third-order valence-electron chi connectivity index (χ3n) is 2.94. The van der Waals surface area contributed by atoms with Gasteiger partial charge in [-0.05, 0) is 23.3 Å². The number of benzene rings is 2. The molecule has 2 aromatic carbocycles. The van der Waals surface area contributed by atoms with E-state index < -0.39 is 17.2 Å². The first-order valence-corrected chi connectivity index (χ1v) is 5.51. The number of aliphatic hydroxyl groups is 1. The molecule has 0 radical (unpaired) electrons. The van der Waals surface area contributed by atoms with Gasteiger partial charge in [-0.1, -0.05) is 36.4 Å². The molecule has 2 aromatic rings. The summed E-state index contributed by atoms with van der Waals surface area (Å²) >= 11 is 0. The molecule has 0 saturated carbocycles. The van der Waals surface area contributed by atoms with Crippen molar-refractivity contribution in [2.45, 2.75) is 5.60 Å². The third kappa shape index (κ3) is 2.12. The molecule has 3 N–H and O–H groups in total. The van der Waals surface area contributed by atoms with E-state index in [2.05, 4.69) is 0 Å². The fourth-order valence-electron chi connectivity index (χ4n) is 1.87. The molecule has 0 spiro atoms. The normalized spacial score (nSPS) is 14.2. The molecule has 0 amide bonds. The molecule has 0 fully saturated rings. The van der Waals surface area contributed by atoms with Gasteiger partial charge in [0.15, 0.2) is 11.6 Å². The van der Waals surface area contributed by atoms with E-state index in [-0.39, 0.29) is 12.1 Å². The molecular weight excluding hydrogens is 236 g/mol. The van der Waals surface area contributed by atoms with Crippen LogP contribution >= 0.6 is 0 Å². The lowest BCUT2D eigenvalue weighted by Gasteiger charge is -2.27. The zero-order valence-electron chi connectivity index (χ0n) is 9.61. The van der Waals surface area contributed by atoms with Gasteiger partial charge in [0.2, 0.25) is 0 Å². The van der Waals surface area contributed by atoms with Crippen molar-refractivity contribution in [3.63, 3.8) is 0 Å². The molecule has 0 aliphatic rings. The maximum atomic E-state index is 13.2. The lowest BCUT2D eigenvalue weighted by molar-refractivity contribution is 0.0897. The van der Waals surface area contributed by atoms with Crippen LogP contribution in [0.25, 0.3) is 0 Å². The second-order valence-electron chi connectivity index (χ2n) is 4.06. The molecule has 0 bridgehead atoms. The number of hydrogen-bond donors (Lipinski definition) is 2. The highest BCUT2D eigenvalue weighted by Gasteiger charge is 2.30. The van der Waals surface area contributed by atoms with E-state index in [9.17, 15) is 13.9 Å². The summed E-state index contributed by atoms with van der Waals surface area (Å²) < 4.78 is 26.1. The average molecular weight is 249 g/mol. The summed E-state index contributed by atoms with van der Waals surface area (Å²) in [7, 11) is 0. The molecule has 0 saturated heterocycles. The minimum absolute atomic E-state index is 0.123. The van der Waals surface area contributed by atoms with Crippen LogP contribution in [0.5, 0.6) is 0 Å². The lowest BCUT2D eigenvalue weighted by Crippen LogP contribution is -2.36. The Morgan fingerprint density at radius 2 is 1.61 bits per heavy atom. The molecule has 0 aliphatic carbocycles. The van der Waals surface area contributed by atoms with Gasteiger partial charge in [-0.3, -0.25) is 0 Å². The summed E-state index contributed by atoms with van der Waals surface area (Å²) in [5.41, 5.74) is 4.85. The van der Waals surface area contributed by atoms with Gasteiger partial charge < -0.3 is 10.8 Å². The van der Waals surface area contributed by atoms with E-state index in [1.807, 2.05) is 0 Å². The van der Waals surface area contributed by atoms with Gasteiger partial charge in [0.25, 0.3) is 0 Å². The third-order valence-corrected chi connectivity index (χ3v) is 2.94.